The lowest BCUT2D eigenvalue weighted by Crippen LogP contribution is -2.31. The number of furan rings is 1. The first kappa shape index (κ1) is 19.2. The predicted molar refractivity (Wildman–Crippen MR) is 104 cm³/mol. The van der Waals surface area contributed by atoms with Crippen LogP contribution >= 0.6 is 0 Å². The van der Waals surface area contributed by atoms with Crippen LogP contribution in [-0.4, -0.2) is 23.7 Å². The highest BCUT2D eigenvalue weighted by Gasteiger charge is 2.37. The molecule has 28 heavy (non-hydrogen) atoms. The molecule has 1 aliphatic heterocycles. The minimum atomic E-state index is -1.10. The number of nitrogens with one attached hydrogen (secondary N) is 1. The largest absolute Gasteiger partial charge is 0.478 e. The second-order valence-electron chi connectivity index (χ2n) is 6.41. The molecule has 6 nitrogen and oxygen atoms in total. The lowest BCUT2D eigenvalue weighted by Gasteiger charge is -2.28. The lowest BCUT2D eigenvalue weighted by atomic mass is 9.81. The first-order chi connectivity index (χ1) is 13.5. The Morgan fingerprint density at radius 3 is 2.50 bits per heavy atom. The highest BCUT2D eigenvalue weighted by atomic mass is 16.5. The maximum atomic E-state index is 12.8. The minimum absolute atomic E-state index is 0.0771. The molecule has 144 valence electrons. The minimum Gasteiger partial charge on any atom is -0.478 e. The monoisotopic (exact) mass is 379 g/mol. The molecule has 0 bridgehead atoms. The van der Waals surface area contributed by atoms with Crippen molar-refractivity contribution in [2.75, 3.05) is 6.61 Å². The van der Waals surface area contributed by atoms with Gasteiger partial charge in [-0.1, -0.05) is 36.4 Å². The van der Waals surface area contributed by atoms with E-state index in [1.807, 2.05) is 36.4 Å². The molecule has 0 amide bonds. The Kier molecular flexibility index (Phi) is 5.79. The summed E-state index contributed by atoms with van der Waals surface area (Å²) >= 11 is 0. The SMILES string of the molecule is CC1=C(C(=O)O)C(c2ccoc2)C(C(=O)OC/C=C/c2ccccc2)=C(C)N1. The Morgan fingerprint density at radius 2 is 1.86 bits per heavy atom. The summed E-state index contributed by atoms with van der Waals surface area (Å²) < 4.78 is 10.5. The Labute approximate surface area is 162 Å². The third-order valence-electron chi connectivity index (χ3n) is 4.51. The Balaban J connectivity index is 1.81. The maximum absolute atomic E-state index is 12.8. The summed E-state index contributed by atoms with van der Waals surface area (Å²) in [5.41, 5.74) is 2.99. The molecule has 2 aromatic rings. The number of ether oxygens (including phenoxy) is 1. The molecular weight excluding hydrogens is 358 g/mol. The summed E-state index contributed by atoms with van der Waals surface area (Å²) in [6.07, 6.45) is 6.49. The molecule has 1 atom stereocenters. The van der Waals surface area contributed by atoms with Crippen LogP contribution in [0.25, 0.3) is 6.08 Å². The van der Waals surface area contributed by atoms with Crippen LogP contribution in [0.5, 0.6) is 0 Å². The Hall–Kier alpha value is -3.54. The molecular formula is C22H21NO5. The van der Waals surface area contributed by atoms with E-state index in [2.05, 4.69) is 5.32 Å². The number of rotatable bonds is 6. The van der Waals surface area contributed by atoms with Gasteiger partial charge in [0.2, 0.25) is 0 Å². The van der Waals surface area contributed by atoms with Crippen molar-refractivity contribution in [2.24, 2.45) is 0 Å². The van der Waals surface area contributed by atoms with Gasteiger partial charge in [-0.25, -0.2) is 9.59 Å². The van der Waals surface area contributed by atoms with Crippen molar-refractivity contribution in [3.05, 3.63) is 88.7 Å². The van der Waals surface area contributed by atoms with Gasteiger partial charge in [0.15, 0.2) is 0 Å². The van der Waals surface area contributed by atoms with Gasteiger partial charge in [-0.2, -0.15) is 0 Å². The molecule has 2 heterocycles. The molecule has 0 saturated heterocycles. The van der Waals surface area contributed by atoms with Gasteiger partial charge in [0, 0.05) is 17.0 Å². The second-order valence-corrected chi connectivity index (χ2v) is 6.41. The Morgan fingerprint density at radius 1 is 1.14 bits per heavy atom. The Bertz CT molecular complexity index is 952. The molecule has 1 aliphatic rings. The van der Waals surface area contributed by atoms with Crippen LogP contribution in [0.3, 0.4) is 0 Å². The maximum Gasteiger partial charge on any atom is 0.337 e. The average molecular weight is 379 g/mol. The molecule has 0 saturated carbocycles. The molecule has 1 unspecified atom stereocenters. The average Bonchev–Trinajstić information content (AvgIpc) is 3.19. The van der Waals surface area contributed by atoms with E-state index in [9.17, 15) is 14.7 Å². The topological polar surface area (TPSA) is 88.8 Å². The van der Waals surface area contributed by atoms with Crippen molar-refractivity contribution in [3.63, 3.8) is 0 Å². The number of carboxylic acid groups (broad SMARTS) is 1. The smallest absolute Gasteiger partial charge is 0.337 e. The van der Waals surface area contributed by atoms with Crippen LogP contribution in [0.2, 0.25) is 0 Å². The third kappa shape index (κ3) is 4.06. The normalized spacial score (nSPS) is 17.0. The molecule has 3 rings (SSSR count). The van der Waals surface area contributed by atoms with Gasteiger partial charge < -0.3 is 19.6 Å². The summed E-state index contributed by atoms with van der Waals surface area (Å²) in [5.74, 6) is -2.43. The first-order valence-electron chi connectivity index (χ1n) is 8.81. The molecule has 1 aromatic carbocycles. The van der Waals surface area contributed by atoms with E-state index < -0.39 is 17.9 Å². The number of carboxylic acids is 1. The molecule has 0 radical (unpaired) electrons. The highest BCUT2D eigenvalue weighted by molar-refractivity contribution is 5.99. The summed E-state index contributed by atoms with van der Waals surface area (Å²) in [6, 6.07) is 11.3. The first-order valence-corrected chi connectivity index (χ1v) is 8.81. The van der Waals surface area contributed by atoms with Crippen molar-refractivity contribution in [1.29, 1.82) is 0 Å². The zero-order chi connectivity index (χ0) is 20.1. The molecule has 2 N–H and O–H groups in total. The van der Waals surface area contributed by atoms with Crippen LogP contribution in [0.15, 0.2) is 82.0 Å². The third-order valence-corrected chi connectivity index (χ3v) is 4.51. The van der Waals surface area contributed by atoms with Crippen molar-refractivity contribution in [2.45, 2.75) is 19.8 Å². The summed E-state index contributed by atoms with van der Waals surface area (Å²) in [4.78, 5) is 24.6. The molecule has 0 aliphatic carbocycles. The fourth-order valence-electron chi connectivity index (χ4n) is 3.27. The number of dihydropyridines is 1. The molecule has 1 aromatic heterocycles. The van der Waals surface area contributed by atoms with Crippen molar-refractivity contribution < 1.29 is 23.8 Å². The zero-order valence-electron chi connectivity index (χ0n) is 15.6. The summed E-state index contributed by atoms with van der Waals surface area (Å²) in [5, 5.41) is 12.7. The molecule has 0 spiro atoms. The van der Waals surface area contributed by atoms with Gasteiger partial charge in [-0.15, -0.1) is 0 Å². The fourth-order valence-corrected chi connectivity index (χ4v) is 3.27. The van der Waals surface area contributed by atoms with E-state index in [1.165, 1.54) is 12.5 Å². The van der Waals surface area contributed by atoms with E-state index in [0.717, 1.165) is 5.56 Å². The highest BCUT2D eigenvalue weighted by Crippen LogP contribution is 2.38. The number of esters is 1. The quantitative estimate of drug-likeness (QED) is 0.741. The van der Waals surface area contributed by atoms with Gasteiger partial charge in [0.1, 0.15) is 6.61 Å². The van der Waals surface area contributed by atoms with E-state index in [-0.39, 0.29) is 17.8 Å². The van der Waals surface area contributed by atoms with Crippen LogP contribution in [0, 0.1) is 0 Å². The summed E-state index contributed by atoms with van der Waals surface area (Å²) in [7, 11) is 0. The number of aliphatic carboxylic acids is 1. The van der Waals surface area contributed by atoms with Gasteiger partial charge in [-0.3, -0.25) is 0 Å². The van der Waals surface area contributed by atoms with Gasteiger partial charge in [0.05, 0.1) is 29.6 Å². The summed E-state index contributed by atoms with van der Waals surface area (Å²) in [6.45, 7) is 3.48. The van der Waals surface area contributed by atoms with Gasteiger partial charge in [0.25, 0.3) is 0 Å². The second kappa shape index (κ2) is 8.43. The number of hydrogen-bond acceptors (Lipinski definition) is 5. The van der Waals surface area contributed by atoms with Crippen LogP contribution in [0.1, 0.15) is 30.9 Å². The molecule has 6 heteroatoms. The standard InChI is InChI=1S/C22H21NO5/c1-14-18(21(24)25)20(17-10-12-27-13-17)19(15(2)23-14)22(26)28-11-6-9-16-7-4-3-5-8-16/h3-10,12-13,20,23H,11H2,1-2H3,(H,24,25)/b9-6+. The van der Waals surface area contributed by atoms with Crippen molar-refractivity contribution >= 4 is 18.0 Å². The lowest BCUT2D eigenvalue weighted by molar-refractivity contribution is -0.138. The van der Waals surface area contributed by atoms with Crippen molar-refractivity contribution in [3.8, 4) is 0 Å². The van der Waals surface area contributed by atoms with E-state index in [1.54, 1.807) is 26.0 Å². The fraction of sp³-hybridized carbons (Fsp3) is 0.182. The van der Waals surface area contributed by atoms with E-state index in [4.69, 9.17) is 9.15 Å². The van der Waals surface area contributed by atoms with Crippen molar-refractivity contribution in [1.82, 2.24) is 5.32 Å². The van der Waals surface area contributed by atoms with Crippen LogP contribution in [0.4, 0.5) is 0 Å². The van der Waals surface area contributed by atoms with Crippen LogP contribution < -0.4 is 5.32 Å². The number of hydrogen-bond donors (Lipinski definition) is 2. The predicted octanol–water partition coefficient (Wildman–Crippen LogP) is 3.86. The van der Waals surface area contributed by atoms with Gasteiger partial charge >= 0.3 is 11.9 Å². The zero-order valence-corrected chi connectivity index (χ0v) is 15.6. The molecule has 0 fully saturated rings. The van der Waals surface area contributed by atoms with Gasteiger partial charge in [-0.05, 0) is 31.6 Å². The van der Waals surface area contributed by atoms with E-state index in [0.29, 0.717) is 17.0 Å². The number of benzene rings is 1. The van der Waals surface area contributed by atoms with Crippen LogP contribution in [-0.2, 0) is 14.3 Å². The number of allylic oxidation sites excluding steroid dienone is 2. The van der Waals surface area contributed by atoms with E-state index >= 15 is 0 Å². The number of carbonyl (C=O) groups is 2. The number of carbonyl (C=O) groups excluding carboxylic acids is 1.